The van der Waals surface area contributed by atoms with E-state index < -0.39 is 0 Å². The van der Waals surface area contributed by atoms with Crippen LogP contribution in [-0.2, 0) is 4.79 Å². The maximum Gasteiger partial charge on any atom is 0.178 e. The largest absolute Gasteiger partial charge is 0.493 e. The Bertz CT molecular complexity index is 452. The predicted octanol–water partition coefficient (Wildman–Crippen LogP) is 3.08. The minimum Gasteiger partial charge on any atom is -0.493 e. The minimum atomic E-state index is -0.142. The van der Waals surface area contributed by atoms with Gasteiger partial charge in [0.25, 0.3) is 0 Å². The molecule has 0 N–H and O–H groups in total. The fourth-order valence-electron chi connectivity index (χ4n) is 1.30. The zero-order valence-electron chi connectivity index (χ0n) is 10.2. The SMILES string of the molecule is C=CC(=O)C=Cc1ccc(OCCCl)c(OC)c1. The number of rotatable bonds is 7. The van der Waals surface area contributed by atoms with Crippen molar-refractivity contribution in [3.63, 3.8) is 0 Å². The van der Waals surface area contributed by atoms with E-state index in [0.29, 0.717) is 24.0 Å². The minimum absolute atomic E-state index is 0.142. The van der Waals surface area contributed by atoms with E-state index in [-0.39, 0.29) is 5.78 Å². The van der Waals surface area contributed by atoms with Crippen LogP contribution in [0.2, 0.25) is 0 Å². The number of ether oxygens (including phenoxy) is 2. The van der Waals surface area contributed by atoms with Crippen LogP contribution in [0.3, 0.4) is 0 Å². The van der Waals surface area contributed by atoms with Crippen LogP contribution in [0.4, 0.5) is 0 Å². The lowest BCUT2D eigenvalue weighted by Gasteiger charge is -2.10. The Morgan fingerprint density at radius 3 is 2.83 bits per heavy atom. The molecule has 1 aromatic carbocycles. The zero-order valence-corrected chi connectivity index (χ0v) is 10.9. The summed E-state index contributed by atoms with van der Waals surface area (Å²) >= 11 is 5.55. The quantitative estimate of drug-likeness (QED) is 0.562. The summed E-state index contributed by atoms with van der Waals surface area (Å²) in [5, 5.41) is 0. The first-order chi connectivity index (χ1) is 8.71. The first kappa shape index (κ1) is 14.3. The molecule has 0 aliphatic carbocycles. The lowest BCUT2D eigenvalue weighted by Crippen LogP contribution is -2.00. The van der Waals surface area contributed by atoms with E-state index in [1.54, 1.807) is 25.3 Å². The van der Waals surface area contributed by atoms with Gasteiger partial charge in [0.2, 0.25) is 0 Å². The molecular weight excluding hydrogens is 252 g/mol. The third-order valence-electron chi connectivity index (χ3n) is 2.16. The number of carbonyl (C=O) groups excluding carboxylic acids is 1. The molecule has 0 aromatic heterocycles. The summed E-state index contributed by atoms with van der Waals surface area (Å²) in [6.07, 6.45) is 4.39. The van der Waals surface area contributed by atoms with E-state index in [4.69, 9.17) is 21.1 Å². The van der Waals surface area contributed by atoms with Gasteiger partial charge in [-0.2, -0.15) is 0 Å². The van der Waals surface area contributed by atoms with Gasteiger partial charge in [0.05, 0.1) is 13.0 Å². The number of hydrogen-bond donors (Lipinski definition) is 0. The van der Waals surface area contributed by atoms with Crippen LogP contribution in [0.1, 0.15) is 5.56 Å². The summed E-state index contributed by atoms with van der Waals surface area (Å²) in [5.41, 5.74) is 0.847. The van der Waals surface area contributed by atoms with Crippen molar-refractivity contribution in [1.82, 2.24) is 0 Å². The molecule has 0 aliphatic heterocycles. The number of alkyl halides is 1. The second-order valence-corrected chi connectivity index (χ2v) is 3.77. The summed E-state index contributed by atoms with van der Waals surface area (Å²) in [6.45, 7) is 3.82. The fourth-order valence-corrected chi connectivity index (χ4v) is 1.38. The Hall–Kier alpha value is -1.74. The summed E-state index contributed by atoms with van der Waals surface area (Å²) in [5.74, 6) is 1.51. The summed E-state index contributed by atoms with van der Waals surface area (Å²) in [4.78, 5) is 11.1. The summed E-state index contributed by atoms with van der Waals surface area (Å²) in [6, 6.07) is 5.40. The van der Waals surface area contributed by atoms with E-state index >= 15 is 0 Å². The maximum absolute atomic E-state index is 11.1. The van der Waals surface area contributed by atoms with Crippen LogP contribution in [0.15, 0.2) is 36.9 Å². The first-order valence-electron chi connectivity index (χ1n) is 5.42. The van der Waals surface area contributed by atoms with Crippen LogP contribution < -0.4 is 9.47 Å². The first-order valence-corrected chi connectivity index (χ1v) is 5.96. The average Bonchev–Trinajstić information content (AvgIpc) is 2.42. The molecule has 3 nitrogen and oxygen atoms in total. The highest BCUT2D eigenvalue weighted by Crippen LogP contribution is 2.28. The number of ketones is 1. The molecule has 0 saturated carbocycles. The number of allylic oxidation sites excluding steroid dienone is 2. The van der Waals surface area contributed by atoms with Crippen LogP contribution >= 0.6 is 11.6 Å². The molecular formula is C14H15ClO3. The molecule has 0 heterocycles. The number of halogens is 1. The Kier molecular flexibility index (Phi) is 6.01. The lowest BCUT2D eigenvalue weighted by atomic mass is 10.1. The zero-order chi connectivity index (χ0) is 13.4. The second kappa shape index (κ2) is 7.56. The Balaban J connectivity index is 2.87. The van der Waals surface area contributed by atoms with Gasteiger partial charge in [-0.3, -0.25) is 4.79 Å². The number of carbonyl (C=O) groups is 1. The van der Waals surface area contributed by atoms with E-state index in [0.717, 1.165) is 5.56 Å². The van der Waals surface area contributed by atoms with E-state index in [2.05, 4.69) is 6.58 Å². The lowest BCUT2D eigenvalue weighted by molar-refractivity contribution is -0.110. The molecule has 0 fully saturated rings. The molecule has 96 valence electrons. The van der Waals surface area contributed by atoms with Crippen LogP contribution in [0.25, 0.3) is 6.08 Å². The van der Waals surface area contributed by atoms with Gasteiger partial charge in [0.15, 0.2) is 17.3 Å². The number of hydrogen-bond acceptors (Lipinski definition) is 3. The molecule has 18 heavy (non-hydrogen) atoms. The van der Waals surface area contributed by atoms with Crippen LogP contribution in [-0.4, -0.2) is 25.4 Å². The third-order valence-corrected chi connectivity index (χ3v) is 2.32. The van der Waals surface area contributed by atoms with Gasteiger partial charge in [0.1, 0.15) is 6.61 Å². The molecule has 0 saturated heterocycles. The van der Waals surface area contributed by atoms with Crippen molar-refractivity contribution in [2.24, 2.45) is 0 Å². The van der Waals surface area contributed by atoms with Crippen LogP contribution in [0.5, 0.6) is 11.5 Å². The van der Waals surface area contributed by atoms with Gasteiger partial charge in [-0.15, -0.1) is 11.6 Å². The number of methoxy groups -OCH3 is 1. The molecule has 4 heteroatoms. The van der Waals surface area contributed by atoms with Gasteiger partial charge in [0, 0.05) is 0 Å². The summed E-state index contributed by atoms with van der Waals surface area (Å²) in [7, 11) is 1.56. The smallest absolute Gasteiger partial charge is 0.178 e. The monoisotopic (exact) mass is 266 g/mol. The van der Waals surface area contributed by atoms with Crippen molar-refractivity contribution in [3.8, 4) is 11.5 Å². The van der Waals surface area contributed by atoms with Gasteiger partial charge >= 0.3 is 0 Å². The third kappa shape index (κ3) is 4.26. The fraction of sp³-hybridized carbons (Fsp3) is 0.214. The highest BCUT2D eigenvalue weighted by molar-refractivity contribution is 6.18. The van der Waals surface area contributed by atoms with Crippen molar-refractivity contribution < 1.29 is 14.3 Å². The van der Waals surface area contributed by atoms with Crippen molar-refractivity contribution in [1.29, 1.82) is 0 Å². The number of benzene rings is 1. The molecule has 0 amide bonds. The highest BCUT2D eigenvalue weighted by atomic mass is 35.5. The molecule has 1 rings (SSSR count). The molecule has 1 aromatic rings. The predicted molar refractivity (Wildman–Crippen MR) is 73.4 cm³/mol. The van der Waals surface area contributed by atoms with E-state index in [1.807, 2.05) is 6.07 Å². The van der Waals surface area contributed by atoms with Gasteiger partial charge in [-0.05, 0) is 29.8 Å². The Morgan fingerprint density at radius 1 is 1.44 bits per heavy atom. The van der Waals surface area contributed by atoms with Crippen molar-refractivity contribution in [3.05, 3.63) is 42.5 Å². The average molecular weight is 267 g/mol. The van der Waals surface area contributed by atoms with E-state index in [9.17, 15) is 4.79 Å². The molecule has 0 spiro atoms. The topological polar surface area (TPSA) is 35.5 Å². The molecule has 0 aliphatic rings. The Labute approximate surface area is 112 Å². The normalized spacial score (nSPS) is 10.3. The van der Waals surface area contributed by atoms with Crippen molar-refractivity contribution in [2.75, 3.05) is 19.6 Å². The second-order valence-electron chi connectivity index (χ2n) is 3.39. The van der Waals surface area contributed by atoms with Crippen LogP contribution in [0, 0.1) is 0 Å². The van der Waals surface area contributed by atoms with Gasteiger partial charge in [-0.25, -0.2) is 0 Å². The van der Waals surface area contributed by atoms with Gasteiger partial charge in [-0.1, -0.05) is 18.7 Å². The molecule has 0 unspecified atom stereocenters. The maximum atomic E-state index is 11.1. The van der Waals surface area contributed by atoms with E-state index in [1.165, 1.54) is 12.2 Å². The molecule has 0 atom stereocenters. The standard InChI is InChI=1S/C14H15ClO3/c1-3-12(16)6-4-11-5-7-13(18-9-8-15)14(10-11)17-2/h3-7,10H,1,8-9H2,2H3. The van der Waals surface area contributed by atoms with Gasteiger partial charge < -0.3 is 9.47 Å². The Morgan fingerprint density at radius 2 is 2.22 bits per heavy atom. The summed E-state index contributed by atoms with van der Waals surface area (Å²) < 4.78 is 10.6. The van der Waals surface area contributed by atoms with Crippen molar-refractivity contribution >= 4 is 23.5 Å². The van der Waals surface area contributed by atoms with Crippen molar-refractivity contribution in [2.45, 2.75) is 0 Å². The molecule has 0 bridgehead atoms. The molecule has 0 radical (unpaired) electrons. The highest BCUT2D eigenvalue weighted by Gasteiger charge is 2.04.